The van der Waals surface area contributed by atoms with Crippen LogP contribution in [-0.4, -0.2) is 40.1 Å². The Balaban J connectivity index is 1.71. The van der Waals surface area contributed by atoms with Gasteiger partial charge in [-0.15, -0.1) is 11.3 Å². The maximum atomic E-state index is 12.2. The van der Waals surface area contributed by atoms with Crippen molar-refractivity contribution in [2.75, 3.05) is 23.3 Å². The second kappa shape index (κ2) is 6.11. The molecule has 0 radical (unpaired) electrons. The first kappa shape index (κ1) is 15.7. The summed E-state index contributed by atoms with van der Waals surface area (Å²) in [5.41, 5.74) is 0.588. The number of carbonyl (C=O) groups is 1. The van der Waals surface area contributed by atoms with Gasteiger partial charge in [-0.25, -0.2) is 15.0 Å². The van der Waals surface area contributed by atoms with Crippen molar-refractivity contribution < 1.29 is 18.0 Å². The summed E-state index contributed by atoms with van der Waals surface area (Å²) >= 11 is 1.11. The Hall–Kier alpha value is -2.23. The van der Waals surface area contributed by atoms with E-state index >= 15 is 0 Å². The van der Waals surface area contributed by atoms with Crippen molar-refractivity contribution in [1.29, 1.82) is 0 Å². The zero-order valence-corrected chi connectivity index (χ0v) is 12.6. The van der Waals surface area contributed by atoms with Crippen LogP contribution in [0.3, 0.4) is 0 Å². The average molecular weight is 343 g/mol. The van der Waals surface area contributed by atoms with Gasteiger partial charge >= 0.3 is 12.1 Å². The van der Waals surface area contributed by atoms with E-state index in [1.54, 1.807) is 17.7 Å². The van der Waals surface area contributed by atoms with Crippen LogP contribution in [-0.2, 0) is 4.79 Å². The minimum atomic E-state index is -4.94. The fraction of sp³-hybridized carbons (Fsp3) is 0.385. The van der Waals surface area contributed by atoms with E-state index in [0.29, 0.717) is 16.5 Å². The number of hydrogen-bond donors (Lipinski definition) is 1. The molecule has 0 aromatic carbocycles. The topological polar surface area (TPSA) is 71.0 Å². The lowest BCUT2D eigenvalue weighted by Gasteiger charge is -2.14. The van der Waals surface area contributed by atoms with Crippen molar-refractivity contribution in [3.8, 4) is 10.6 Å². The molecule has 1 aliphatic rings. The maximum absolute atomic E-state index is 12.2. The van der Waals surface area contributed by atoms with Gasteiger partial charge in [-0.2, -0.15) is 13.2 Å². The summed E-state index contributed by atoms with van der Waals surface area (Å²) < 4.78 is 36.6. The third kappa shape index (κ3) is 3.58. The van der Waals surface area contributed by atoms with E-state index in [-0.39, 0.29) is 5.82 Å². The molecule has 6 nitrogen and oxygen atoms in total. The number of nitrogens with one attached hydrogen (secondary N) is 1. The highest BCUT2D eigenvalue weighted by atomic mass is 32.1. The number of alkyl halides is 3. The van der Waals surface area contributed by atoms with Crippen LogP contribution in [0.1, 0.15) is 12.8 Å². The molecule has 0 unspecified atom stereocenters. The predicted octanol–water partition coefficient (Wildman–Crippen LogP) is 2.70. The van der Waals surface area contributed by atoms with Gasteiger partial charge in [-0.1, -0.05) is 0 Å². The molecule has 122 valence electrons. The van der Waals surface area contributed by atoms with Crippen LogP contribution in [0.2, 0.25) is 0 Å². The number of anilines is 2. The van der Waals surface area contributed by atoms with Gasteiger partial charge in [-0.3, -0.25) is 4.79 Å². The highest BCUT2D eigenvalue weighted by Crippen LogP contribution is 2.27. The molecule has 0 bridgehead atoms. The summed E-state index contributed by atoms with van der Waals surface area (Å²) in [6.07, 6.45) is 0.438. The summed E-state index contributed by atoms with van der Waals surface area (Å²) in [6.45, 7) is 1.84. The monoisotopic (exact) mass is 343 g/mol. The third-order valence-electron chi connectivity index (χ3n) is 3.28. The van der Waals surface area contributed by atoms with Crippen molar-refractivity contribution in [3.05, 3.63) is 17.8 Å². The van der Waals surface area contributed by atoms with E-state index in [2.05, 4.69) is 19.9 Å². The van der Waals surface area contributed by atoms with Gasteiger partial charge in [0, 0.05) is 36.4 Å². The number of amides is 1. The molecule has 1 saturated heterocycles. The lowest BCUT2D eigenvalue weighted by molar-refractivity contribution is -0.167. The molecular formula is C13H12F3N5OS. The highest BCUT2D eigenvalue weighted by molar-refractivity contribution is 7.13. The normalized spacial score (nSPS) is 15.0. The van der Waals surface area contributed by atoms with Gasteiger partial charge in [0.1, 0.15) is 10.8 Å². The molecule has 1 fully saturated rings. The number of aromatic nitrogens is 3. The SMILES string of the molecule is O=C(Nc1csc(-c2cnc(N3CCCC3)nc2)n1)C(F)(F)F. The van der Waals surface area contributed by atoms with Crippen LogP contribution in [0.4, 0.5) is 24.9 Å². The van der Waals surface area contributed by atoms with E-state index in [9.17, 15) is 18.0 Å². The van der Waals surface area contributed by atoms with E-state index in [1.807, 2.05) is 0 Å². The summed E-state index contributed by atoms with van der Waals surface area (Å²) in [5.74, 6) is -1.56. The molecular weight excluding hydrogens is 331 g/mol. The molecule has 1 amide bonds. The largest absolute Gasteiger partial charge is 0.471 e. The van der Waals surface area contributed by atoms with Gasteiger partial charge in [-0.05, 0) is 12.8 Å². The number of thiazole rings is 1. The van der Waals surface area contributed by atoms with Gasteiger partial charge < -0.3 is 10.2 Å². The Bertz CT molecular complexity index is 694. The molecule has 0 atom stereocenters. The lowest BCUT2D eigenvalue weighted by Crippen LogP contribution is -2.30. The second-order valence-electron chi connectivity index (χ2n) is 4.96. The van der Waals surface area contributed by atoms with Gasteiger partial charge in [0.05, 0.1) is 0 Å². The Morgan fingerprint density at radius 3 is 2.48 bits per heavy atom. The lowest BCUT2D eigenvalue weighted by atomic mass is 10.3. The fourth-order valence-electron chi connectivity index (χ4n) is 2.16. The molecule has 0 saturated carbocycles. The van der Waals surface area contributed by atoms with Crippen molar-refractivity contribution in [2.24, 2.45) is 0 Å². The number of hydrogen-bond acceptors (Lipinski definition) is 6. The third-order valence-corrected chi connectivity index (χ3v) is 4.17. The fourth-order valence-corrected chi connectivity index (χ4v) is 2.89. The van der Waals surface area contributed by atoms with Crippen LogP contribution < -0.4 is 10.2 Å². The zero-order chi connectivity index (χ0) is 16.4. The molecule has 1 N–H and O–H groups in total. The number of nitrogens with zero attached hydrogens (tertiary/aromatic N) is 4. The van der Waals surface area contributed by atoms with Gasteiger partial charge in [0.2, 0.25) is 5.95 Å². The molecule has 3 heterocycles. The average Bonchev–Trinajstić information content (AvgIpc) is 3.18. The summed E-state index contributed by atoms with van der Waals surface area (Å²) in [5, 5.41) is 3.50. The van der Waals surface area contributed by atoms with Crippen LogP contribution in [0.25, 0.3) is 10.6 Å². The second-order valence-corrected chi connectivity index (χ2v) is 5.81. The molecule has 23 heavy (non-hydrogen) atoms. The maximum Gasteiger partial charge on any atom is 0.471 e. The molecule has 2 aromatic heterocycles. The summed E-state index contributed by atoms with van der Waals surface area (Å²) in [7, 11) is 0. The Labute approximate surface area is 133 Å². The van der Waals surface area contributed by atoms with E-state index in [4.69, 9.17) is 0 Å². The molecule has 1 aliphatic heterocycles. The highest BCUT2D eigenvalue weighted by Gasteiger charge is 2.39. The minimum Gasteiger partial charge on any atom is -0.341 e. The van der Waals surface area contributed by atoms with Gasteiger partial charge in [0.25, 0.3) is 0 Å². The van der Waals surface area contributed by atoms with Crippen LogP contribution in [0.15, 0.2) is 17.8 Å². The minimum absolute atomic E-state index is 0.143. The molecule has 0 aliphatic carbocycles. The van der Waals surface area contributed by atoms with Crippen LogP contribution >= 0.6 is 11.3 Å². The Morgan fingerprint density at radius 2 is 1.87 bits per heavy atom. The number of carbonyl (C=O) groups excluding carboxylic acids is 1. The molecule has 10 heteroatoms. The van der Waals surface area contributed by atoms with E-state index in [0.717, 1.165) is 37.3 Å². The smallest absolute Gasteiger partial charge is 0.341 e. The molecule has 0 spiro atoms. The predicted molar refractivity (Wildman–Crippen MR) is 79.3 cm³/mol. The van der Waals surface area contributed by atoms with Crippen LogP contribution in [0, 0.1) is 0 Å². The Kier molecular flexibility index (Phi) is 4.16. The number of rotatable bonds is 3. The first-order chi connectivity index (χ1) is 10.9. The van der Waals surface area contributed by atoms with Gasteiger partial charge in [0.15, 0.2) is 0 Å². The first-order valence-corrected chi connectivity index (χ1v) is 7.72. The van der Waals surface area contributed by atoms with Crippen molar-refractivity contribution in [2.45, 2.75) is 19.0 Å². The van der Waals surface area contributed by atoms with Crippen molar-refractivity contribution >= 4 is 29.0 Å². The first-order valence-electron chi connectivity index (χ1n) is 6.84. The van der Waals surface area contributed by atoms with E-state index in [1.165, 1.54) is 5.38 Å². The summed E-state index contributed by atoms with van der Waals surface area (Å²) in [6, 6.07) is 0. The standard InChI is InChI=1S/C13H12F3N5OS/c14-13(15,16)11(22)20-9-7-23-10(19-9)8-5-17-12(18-6-8)21-3-1-2-4-21/h5-7H,1-4H2,(H,20,22). The van der Waals surface area contributed by atoms with Crippen LogP contribution in [0.5, 0.6) is 0 Å². The summed E-state index contributed by atoms with van der Waals surface area (Å²) in [4.78, 5) is 25.4. The quantitative estimate of drug-likeness (QED) is 0.928. The Morgan fingerprint density at radius 1 is 1.22 bits per heavy atom. The van der Waals surface area contributed by atoms with E-state index < -0.39 is 12.1 Å². The molecule has 3 rings (SSSR count). The molecule has 2 aromatic rings. The van der Waals surface area contributed by atoms with Crippen molar-refractivity contribution in [3.63, 3.8) is 0 Å². The number of halogens is 3. The zero-order valence-electron chi connectivity index (χ0n) is 11.8. The van der Waals surface area contributed by atoms with Crippen molar-refractivity contribution in [1.82, 2.24) is 15.0 Å².